The highest BCUT2D eigenvalue weighted by atomic mass is 35.5. The molecule has 1 rings (SSSR count). The molecule has 0 unspecified atom stereocenters. The summed E-state index contributed by atoms with van der Waals surface area (Å²) in [4.78, 5) is 21.7. The normalized spacial score (nSPS) is 9.53. The molecule has 0 spiro atoms. The van der Waals surface area contributed by atoms with E-state index in [0.29, 0.717) is 5.75 Å². The van der Waals surface area contributed by atoms with Crippen LogP contribution in [-0.2, 0) is 4.79 Å². The summed E-state index contributed by atoms with van der Waals surface area (Å²) in [5.74, 6) is 0.131. The van der Waals surface area contributed by atoms with Crippen molar-refractivity contribution in [1.29, 1.82) is 0 Å². The van der Waals surface area contributed by atoms with E-state index in [2.05, 4.69) is 0 Å². The van der Waals surface area contributed by atoms with Crippen molar-refractivity contribution in [3.63, 3.8) is 0 Å². The number of ether oxygens (including phenoxy) is 2. The molecule has 0 aromatic heterocycles. The summed E-state index contributed by atoms with van der Waals surface area (Å²) < 4.78 is 9.72. The lowest BCUT2D eigenvalue weighted by molar-refractivity contribution is -0.131. The fourth-order valence-electron chi connectivity index (χ4n) is 1.07. The average Bonchev–Trinajstić information content (AvgIpc) is 2.16. The van der Waals surface area contributed by atoms with Crippen LogP contribution in [0.1, 0.15) is 17.3 Å². The molecule has 0 atom stereocenters. The van der Waals surface area contributed by atoms with Crippen molar-refractivity contribution in [2.45, 2.75) is 6.92 Å². The Balaban J connectivity index is 3.10. The van der Waals surface area contributed by atoms with Crippen molar-refractivity contribution in [2.24, 2.45) is 0 Å². The molecule has 0 aliphatic carbocycles. The van der Waals surface area contributed by atoms with Gasteiger partial charge in [-0.2, -0.15) is 0 Å². The Morgan fingerprint density at radius 1 is 1.33 bits per heavy atom. The second-order valence-corrected chi connectivity index (χ2v) is 3.07. The van der Waals surface area contributed by atoms with Crippen LogP contribution in [0.25, 0.3) is 0 Å². The van der Waals surface area contributed by atoms with E-state index >= 15 is 0 Å². The van der Waals surface area contributed by atoms with E-state index in [1.54, 1.807) is 0 Å². The van der Waals surface area contributed by atoms with Crippen LogP contribution in [0.4, 0.5) is 0 Å². The summed E-state index contributed by atoms with van der Waals surface area (Å²) in [6, 6.07) is 4.38. The van der Waals surface area contributed by atoms with Gasteiger partial charge in [-0.1, -0.05) is 0 Å². The average molecular weight is 229 g/mol. The lowest BCUT2D eigenvalue weighted by Gasteiger charge is -2.06. The predicted octanol–water partition coefficient (Wildman–Crippen LogP) is 2.00. The molecule has 15 heavy (non-hydrogen) atoms. The zero-order valence-electron chi connectivity index (χ0n) is 8.24. The Morgan fingerprint density at radius 3 is 2.47 bits per heavy atom. The van der Waals surface area contributed by atoms with Crippen molar-refractivity contribution in [3.05, 3.63) is 23.8 Å². The molecule has 80 valence electrons. The molecular weight excluding hydrogens is 220 g/mol. The van der Waals surface area contributed by atoms with Gasteiger partial charge in [-0.05, 0) is 29.8 Å². The maximum absolute atomic E-state index is 11.0. The van der Waals surface area contributed by atoms with Crippen LogP contribution in [0.2, 0.25) is 0 Å². The number of carbonyl (C=O) groups is 2. The van der Waals surface area contributed by atoms with Crippen LogP contribution in [0.5, 0.6) is 11.5 Å². The van der Waals surface area contributed by atoms with Crippen molar-refractivity contribution >= 4 is 22.8 Å². The minimum atomic E-state index is -0.666. The highest BCUT2D eigenvalue weighted by Crippen LogP contribution is 2.25. The van der Waals surface area contributed by atoms with Gasteiger partial charge >= 0.3 is 5.97 Å². The van der Waals surface area contributed by atoms with Crippen LogP contribution in [0.3, 0.4) is 0 Å². The van der Waals surface area contributed by atoms with E-state index in [9.17, 15) is 9.59 Å². The van der Waals surface area contributed by atoms with Gasteiger partial charge in [0.15, 0.2) is 0 Å². The molecule has 1 aromatic rings. The molecule has 0 aliphatic rings. The Hall–Kier alpha value is -1.55. The van der Waals surface area contributed by atoms with Crippen molar-refractivity contribution < 1.29 is 19.1 Å². The molecule has 0 bridgehead atoms. The first-order valence-electron chi connectivity index (χ1n) is 4.11. The number of carbonyl (C=O) groups excluding carboxylic acids is 2. The molecular formula is C10H9ClO4. The van der Waals surface area contributed by atoms with Crippen molar-refractivity contribution in [1.82, 2.24) is 0 Å². The van der Waals surface area contributed by atoms with E-state index in [-0.39, 0.29) is 11.3 Å². The molecule has 0 saturated carbocycles. The highest BCUT2D eigenvalue weighted by molar-refractivity contribution is 6.68. The fourth-order valence-corrected chi connectivity index (χ4v) is 1.22. The van der Waals surface area contributed by atoms with E-state index in [1.165, 1.54) is 32.2 Å². The Morgan fingerprint density at radius 2 is 2.00 bits per heavy atom. The van der Waals surface area contributed by atoms with Gasteiger partial charge in [0.25, 0.3) is 5.24 Å². The maximum Gasteiger partial charge on any atom is 0.308 e. The maximum atomic E-state index is 11.0. The van der Waals surface area contributed by atoms with Gasteiger partial charge in [0.05, 0.1) is 12.7 Å². The zero-order valence-corrected chi connectivity index (χ0v) is 9.00. The lowest BCUT2D eigenvalue weighted by atomic mass is 10.2. The fraction of sp³-hybridized carbons (Fsp3) is 0.200. The largest absolute Gasteiger partial charge is 0.496 e. The molecule has 0 aliphatic heterocycles. The van der Waals surface area contributed by atoms with Gasteiger partial charge in [0.1, 0.15) is 11.5 Å². The molecule has 0 N–H and O–H groups in total. The second kappa shape index (κ2) is 4.79. The van der Waals surface area contributed by atoms with E-state index < -0.39 is 11.2 Å². The summed E-state index contributed by atoms with van der Waals surface area (Å²) in [5.41, 5.74) is 0.165. The Kier molecular flexibility index (Phi) is 3.68. The van der Waals surface area contributed by atoms with Crippen LogP contribution in [0.15, 0.2) is 18.2 Å². The van der Waals surface area contributed by atoms with Gasteiger partial charge in [0, 0.05) is 6.92 Å². The molecule has 0 radical (unpaired) electrons. The number of methoxy groups -OCH3 is 1. The van der Waals surface area contributed by atoms with Crippen molar-refractivity contribution in [2.75, 3.05) is 7.11 Å². The van der Waals surface area contributed by atoms with Gasteiger partial charge in [-0.3, -0.25) is 9.59 Å². The predicted molar refractivity (Wildman–Crippen MR) is 54.5 cm³/mol. The van der Waals surface area contributed by atoms with E-state index in [4.69, 9.17) is 21.1 Å². The van der Waals surface area contributed by atoms with E-state index in [0.717, 1.165) is 0 Å². The van der Waals surface area contributed by atoms with Gasteiger partial charge in [0.2, 0.25) is 0 Å². The first-order valence-corrected chi connectivity index (χ1v) is 4.48. The third kappa shape index (κ3) is 2.95. The summed E-state index contributed by atoms with van der Waals surface area (Å²) in [7, 11) is 1.42. The molecule has 0 amide bonds. The topological polar surface area (TPSA) is 52.6 Å². The summed E-state index contributed by atoms with van der Waals surface area (Å²) >= 11 is 5.34. The molecule has 4 nitrogen and oxygen atoms in total. The SMILES string of the molecule is COc1ccc(OC(C)=O)cc1C(=O)Cl. The monoisotopic (exact) mass is 228 g/mol. The number of rotatable bonds is 3. The minimum Gasteiger partial charge on any atom is -0.496 e. The van der Waals surface area contributed by atoms with Crippen LogP contribution in [-0.4, -0.2) is 18.3 Å². The summed E-state index contributed by atoms with van der Waals surface area (Å²) in [6.45, 7) is 1.27. The Bertz CT molecular complexity index is 400. The summed E-state index contributed by atoms with van der Waals surface area (Å²) in [6.07, 6.45) is 0. The minimum absolute atomic E-state index is 0.165. The molecule has 0 saturated heterocycles. The zero-order chi connectivity index (χ0) is 11.4. The lowest BCUT2D eigenvalue weighted by Crippen LogP contribution is -2.03. The smallest absolute Gasteiger partial charge is 0.308 e. The third-order valence-corrected chi connectivity index (χ3v) is 1.85. The number of esters is 1. The van der Waals surface area contributed by atoms with Gasteiger partial charge in [-0.25, -0.2) is 0 Å². The molecule has 5 heteroatoms. The number of halogens is 1. The molecule has 0 heterocycles. The standard InChI is InChI=1S/C10H9ClO4/c1-6(12)15-7-3-4-9(14-2)8(5-7)10(11)13/h3-5H,1-2H3. The molecule has 0 fully saturated rings. The quantitative estimate of drug-likeness (QED) is 0.451. The van der Waals surface area contributed by atoms with Gasteiger partial charge < -0.3 is 9.47 Å². The van der Waals surface area contributed by atoms with Gasteiger partial charge in [-0.15, -0.1) is 0 Å². The molecule has 1 aromatic carbocycles. The number of hydrogen-bond acceptors (Lipinski definition) is 4. The van der Waals surface area contributed by atoms with Crippen LogP contribution >= 0.6 is 11.6 Å². The Labute approximate surface area is 91.7 Å². The van der Waals surface area contributed by atoms with Crippen molar-refractivity contribution in [3.8, 4) is 11.5 Å². The number of benzene rings is 1. The first kappa shape index (κ1) is 11.5. The second-order valence-electron chi connectivity index (χ2n) is 2.73. The third-order valence-electron chi connectivity index (χ3n) is 1.64. The highest BCUT2D eigenvalue weighted by Gasteiger charge is 2.11. The number of hydrogen-bond donors (Lipinski definition) is 0. The summed E-state index contributed by atoms with van der Waals surface area (Å²) in [5, 5.41) is -0.666. The van der Waals surface area contributed by atoms with E-state index in [1.807, 2.05) is 0 Å². The van der Waals surface area contributed by atoms with Crippen LogP contribution in [0, 0.1) is 0 Å². The van der Waals surface area contributed by atoms with Crippen LogP contribution < -0.4 is 9.47 Å². The first-order chi connectivity index (χ1) is 7.04.